The van der Waals surface area contributed by atoms with E-state index in [0.29, 0.717) is 0 Å². The Kier molecular flexibility index (Phi) is 8.74. The first-order chi connectivity index (χ1) is 17.9. The Morgan fingerprint density at radius 1 is 1.05 bits per heavy atom. The highest BCUT2D eigenvalue weighted by atomic mass is 16.7. The topological polar surface area (TPSA) is 230 Å². The lowest BCUT2D eigenvalue weighted by Crippen LogP contribution is -2.49. The number of imidazole rings is 1. The lowest BCUT2D eigenvalue weighted by atomic mass is 10.1. The van der Waals surface area contributed by atoms with Crippen LogP contribution in [0.4, 0.5) is 10.6 Å². The monoisotopic (exact) mass is 538 g/mol. The van der Waals surface area contributed by atoms with Crippen molar-refractivity contribution in [3.8, 4) is 0 Å². The van der Waals surface area contributed by atoms with Gasteiger partial charge in [0, 0.05) is 20.8 Å². The maximum Gasteiger partial charge on any atom is 0.328 e. The van der Waals surface area contributed by atoms with Crippen LogP contribution in [-0.4, -0.2) is 96.7 Å². The molecule has 0 aromatic carbocycles. The Balaban J connectivity index is 1.94. The van der Waals surface area contributed by atoms with Gasteiger partial charge in [-0.1, -0.05) is 0 Å². The summed E-state index contributed by atoms with van der Waals surface area (Å²) in [5, 5.41) is 23.2. The van der Waals surface area contributed by atoms with Crippen LogP contribution in [0.15, 0.2) is 12.7 Å². The van der Waals surface area contributed by atoms with E-state index in [9.17, 15) is 29.1 Å². The van der Waals surface area contributed by atoms with Gasteiger partial charge >= 0.3 is 29.9 Å². The van der Waals surface area contributed by atoms with Crippen molar-refractivity contribution in [1.82, 2.24) is 24.8 Å². The number of carbonyl (C=O) groups excluding carboxylic acids is 4. The molecule has 3 rings (SSSR count). The van der Waals surface area contributed by atoms with Gasteiger partial charge < -0.3 is 34.5 Å². The number of anilines is 1. The van der Waals surface area contributed by atoms with E-state index < -0.39 is 66.6 Å². The number of aliphatic hydroxyl groups is 1. The molecule has 4 N–H and O–H groups in total. The number of rotatable bonds is 9. The number of nitrogens with zero attached hydrogens (tertiary/aromatic N) is 4. The number of nitrogens with one attached hydrogen (secondary N) is 2. The Labute approximate surface area is 214 Å². The van der Waals surface area contributed by atoms with Gasteiger partial charge in [0.15, 0.2) is 41.5 Å². The van der Waals surface area contributed by atoms with E-state index in [1.165, 1.54) is 24.7 Å². The number of amides is 2. The van der Waals surface area contributed by atoms with Crippen molar-refractivity contribution < 1.29 is 53.1 Å². The van der Waals surface area contributed by atoms with Gasteiger partial charge in [-0.2, -0.15) is 0 Å². The summed E-state index contributed by atoms with van der Waals surface area (Å²) in [6.45, 7) is 4.36. The van der Waals surface area contributed by atoms with Crippen molar-refractivity contribution in [1.29, 1.82) is 0 Å². The third kappa shape index (κ3) is 6.48. The fourth-order valence-corrected chi connectivity index (χ4v) is 3.72. The predicted octanol–water partition coefficient (Wildman–Crippen LogP) is -0.894. The number of aromatic nitrogens is 4. The molecule has 0 aliphatic carbocycles. The highest BCUT2D eigenvalue weighted by Gasteiger charge is 2.51. The molecule has 1 aliphatic heterocycles. The lowest BCUT2D eigenvalue weighted by molar-refractivity contribution is -0.166. The van der Waals surface area contributed by atoms with E-state index in [2.05, 4.69) is 25.6 Å². The molecule has 17 heteroatoms. The van der Waals surface area contributed by atoms with Crippen molar-refractivity contribution in [2.75, 3.05) is 11.9 Å². The minimum absolute atomic E-state index is 0.0456. The third-order valence-corrected chi connectivity index (χ3v) is 5.24. The van der Waals surface area contributed by atoms with E-state index in [4.69, 9.17) is 24.1 Å². The van der Waals surface area contributed by atoms with Gasteiger partial charge in [-0.15, -0.1) is 0 Å². The Bertz CT molecular complexity index is 1230. The van der Waals surface area contributed by atoms with E-state index >= 15 is 0 Å². The quantitative estimate of drug-likeness (QED) is 0.224. The number of fused-ring (bicyclic) bond motifs is 1. The average Bonchev–Trinajstić information content (AvgIpc) is 3.37. The largest absolute Gasteiger partial charge is 0.480 e. The summed E-state index contributed by atoms with van der Waals surface area (Å²) in [5.41, 5.74) is 0.140. The second kappa shape index (κ2) is 11.8. The van der Waals surface area contributed by atoms with Crippen LogP contribution in [0.25, 0.3) is 11.2 Å². The van der Waals surface area contributed by atoms with Crippen LogP contribution in [0.2, 0.25) is 0 Å². The zero-order chi connectivity index (χ0) is 28.1. The fraction of sp³-hybridized carbons (Fsp3) is 0.524. The number of carboxylic acid groups (broad SMARTS) is 1. The summed E-state index contributed by atoms with van der Waals surface area (Å²) in [4.78, 5) is 70.9. The smallest absolute Gasteiger partial charge is 0.328 e. The fourth-order valence-electron chi connectivity index (χ4n) is 3.72. The Morgan fingerprint density at radius 3 is 2.29 bits per heavy atom. The summed E-state index contributed by atoms with van der Waals surface area (Å²) >= 11 is 0. The van der Waals surface area contributed by atoms with Crippen LogP contribution in [0.1, 0.15) is 33.9 Å². The van der Waals surface area contributed by atoms with Crippen LogP contribution in [0.3, 0.4) is 0 Å². The van der Waals surface area contributed by atoms with Crippen molar-refractivity contribution in [2.45, 2.75) is 64.4 Å². The summed E-state index contributed by atoms with van der Waals surface area (Å²) in [5.74, 6) is -3.59. The molecule has 0 radical (unpaired) electrons. The average molecular weight is 538 g/mol. The van der Waals surface area contributed by atoms with E-state index in [1.54, 1.807) is 0 Å². The predicted molar refractivity (Wildman–Crippen MR) is 122 cm³/mol. The number of esters is 3. The molecule has 2 aromatic rings. The maximum absolute atomic E-state index is 12.4. The molecule has 1 saturated heterocycles. The van der Waals surface area contributed by atoms with E-state index in [0.717, 1.165) is 20.2 Å². The molecule has 0 unspecified atom stereocenters. The van der Waals surface area contributed by atoms with Crippen LogP contribution in [-0.2, 0) is 38.1 Å². The number of carbonyl (C=O) groups is 5. The molecule has 2 amide bonds. The van der Waals surface area contributed by atoms with Crippen LogP contribution >= 0.6 is 0 Å². The van der Waals surface area contributed by atoms with Gasteiger partial charge in [-0.25, -0.2) is 24.5 Å². The Morgan fingerprint density at radius 2 is 1.71 bits per heavy atom. The number of aliphatic hydroxyl groups excluding tert-OH is 1. The number of aliphatic carboxylic acids is 1. The zero-order valence-corrected chi connectivity index (χ0v) is 20.7. The molecule has 206 valence electrons. The van der Waals surface area contributed by atoms with Crippen LogP contribution < -0.4 is 10.6 Å². The standard InChI is InChI=1S/C21H26N6O11/c1-8(28)13(20(32)33)25-21(34)26-17-14-18(23-6-22-17)27(7-24-14)19-16(37-11(4)31)15(36-10(3)30)12(38-19)5-35-9(2)29/h6-8,12-13,15-16,19,28H,5H2,1-4H3,(H,32,33)(H2,22,23,25,26,34)/t8-,12-,13+,15-,16-,19-/m1/s1. The molecule has 0 spiro atoms. The zero-order valence-electron chi connectivity index (χ0n) is 20.7. The van der Waals surface area contributed by atoms with Gasteiger partial charge in [-0.05, 0) is 6.92 Å². The molecule has 1 fully saturated rings. The summed E-state index contributed by atoms with van der Waals surface area (Å²) in [6.07, 6.45) is -3.59. The van der Waals surface area contributed by atoms with Crippen LogP contribution in [0, 0.1) is 0 Å². The van der Waals surface area contributed by atoms with Gasteiger partial charge in [0.25, 0.3) is 0 Å². The molecule has 17 nitrogen and oxygen atoms in total. The van der Waals surface area contributed by atoms with Gasteiger partial charge in [0.05, 0.1) is 12.4 Å². The maximum atomic E-state index is 12.4. The number of carboxylic acids is 1. The SMILES string of the molecule is CC(=O)OC[C@H]1O[C@@H](n2cnc3c(NC(=O)N[C@H](C(=O)O)[C@@H](C)O)ncnc32)[C@H](OC(C)=O)[C@@H]1OC(C)=O. The van der Waals surface area contributed by atoms with Crippen molar-refractivity contribution in [2.24, 2.45) is 0 Å². The summed E-state index contributed by atoms with van der Waals surface area (Å²) < 4.78 is 23.0. The summed E-state index contributed by atoms with van der Waals surface area (Å²) in [7, 11) is 0. The molecule has 38 heavy (non-hydrogen) atoms. The molecule has 0 bridgehead atoms. The molecule has 0 saturated carbocycles. The minimum Gasteiger partial charge on any atom is -0.480 e. The normalized spacial score (nSPS) is 22.2. The number of hydrogen-bond acceptors (Lipinski definition) is 13. The summed E-state index contributed by atoms with van der Waals surface area (Å²) in [6, 6.07) is -2.58. The second-order valence-corrected chi connectivity index (χ2v) is 8.22. The molecule has 1 aliphatic rings. The second-order valence-electron chi connectivity index (χ2n) is 8.22. The van der Waals surface area contributed by atoms with Gasteiger partial charge in [0.1, 0.15) is 19.0 Å². The van der Waals surface area contributed by atoms with Gasteiger partial charge in [-0.3, -0.25) is 24.3 Å². The molecule has 6 atom stereocenters. The highest BCUT2D eigenvalue weighted by Crippen LogP contribution is 2.36. The Hall–Kier alpha value is -4.38. The van der Waals surface area contributed by atoms with Crippen molar-refractivity contribution in [3.05, 3.63) is 12.7 Å². The molecular formula is C21H26N6O11. The van der Waals surface area contributed by atoms with Crippen LogP contribution in [0.5, 0.6) is 0 Å². The molecule has 2 aromatic heterocycles. The first-order valence-corrected chi connectivity index (χ1v) is 11.2. The first kappa shape index (κ1) is 28.2. The molecule has 3 heterocycles. The van der Waals surface area contributed by atoms with E-state index in [1.807, 2.05) is 0 Å². The van der Waals surface area contributed by atoms with E-state index in [-0.39, 0.29) is 23.6 Å². The molecular weight excluding hydrogens is 512 g/mol. The first-order valence-electron chi connectivity index (χ1n) is 11.2. The van der Waals surface area contributed by atoms with Crippen molar-refractivity contribution >= 4 is 46.9 Å². The number of hydrogen-bond donors (Lipinski definition) is 4. The highest BCUT2D eigenvalue weighted by molar-refractivity contribution is 5.97. The minimum atomic E-state index is -1.59. The third-order valence-electron chi connectivity index (χ3n) is 5.24. The lowest BCUT2D eigenvalue weighted by Gasteiger charge is -2.23. The number of urea groups is 1. The number of ether oxygens (including phenoxy) is 4. The van der Waals surface area contributed by atoms with Gasteiger partial charge in [0.2, 0.25) is 0 Å². The van der Waals surface area contributed by atoms with Crippen molar-refractivity contribution in [3.63, 3.8) is 0 Å².